The van der Waals surface area contributed by atoms with Gasteiger partial charge in [0.2, 0.25) is 0 Å². The molecule has 3 heteroatoms. The summed E-state index contributed by atoms with van der Waals surface area (Å²) in [6, 6.07) is 0.0324. The lowest BCUT2D eigenvalue weighted by Crippen LogP contribution is -2.28. The van der Waals surface area contributed by atoms with Crippen molar-refractivity contribution in [3.63, 3.8) is 0 Å². The molecule has 0 aliphatic carbocycles. The van der Waals surface area contributed by atoms with Gasteiger partial charge in [-0.1, -0.05) is 0 Å². The third kappa shape index (κ3) is 4.39. The van der Waals surface area contributed by atoms with Gasteiger partial charge in [0, 0.05) is 13.1 Å². The number of aliphatic hydroxyl groups is 1. The Morgan fingerprint density at radius 3 is 2.00 bits per heavy atom. The number of aliphatic hydroxyl groups excluding tert-OH is 1. The average Bonchev–Trinajstić information content (AvgIpc) is 1.63. The zero-order chi connectivity index (χ0) is 7.44. The van der Waals surface area contributed by atoms with E-state index in [1.54, 1.807) is 14.0 Å². The summed E-state index contributed by atoms with van der Waals surface area (Å²) < 4.78 is 0. The molecule has 0 fully saturated rings. The Kier molecular flexibility index (Phi) is 3.77. The van der Waals surface area contributed by atoms with E-state index in [1.807, 2.05) is 6.92 Å². The van der Waals surface area contributed by atoms with Crippen molar-refractivity contribution >= 4 is 0 Å². The van der Waals surface area contributed by atoms with Gasteiger partial charge in [-0.05, 0) is 20.3 Å². The van der Waals surface area contributed by atoms with Gasteiger partial charge in [-0.25, -0.2) is 0 Å². The van der Waals surface area contributed by atoms with Crippen LogP contribution in [-0.2, 0) is 0 Å². The van der Waals surface area contributed by atoms with Crippen molar-refractivity contribution in [3.05, 3.63) is 0 Å². The molecule has 9 heavy (non-hydrogen) atoms. The van der Waals surface area contributed by atoms with Gasteiger partial charge in [-0.2, -0.15) is 5.06 Å². The van der Waals surface area contributed by atoms with E-state index in [1.165, 1.54) is 0 Å². The molecule has 2 N–H and O–H groups in total. The second-order valence-corrected chi connectivity index (χ2v) is 2.51. The van der Waals surface area contributed by atoms with E-state index < -0.39 is 0 Å². The maximum Gasteiger partial charge on any atom is 0.0527 e. The van der Waals surface area contributed by atoms with Crippen molar-refractivity contribution in [2.24, 2.45) is 0 Å². The third-order valence-electron chi connectivity index (χ3n) is 1.32. The smallest absolute Gasteiger partial charge is 0.0527 e. The molecule has 0 spiro atoms. The van der Waals surface area contributed by atoms with Gasteiger partial charge in [0.1, 0.15) is 0 Å². The Hall–Kier alpha value is -0.120. The molecule has 56 valence electrons. The van der Waals surface area contributed by atoms with Crippen LogP contribution in [0.4, 0.5) is 0 Å². The molecule has 0 aliphatic rings. The monoisotopic (exact) mass is 133 g/mol. The van der Waals surface area contributed by atoms with Crippen LogP contribution in [0.1, 0.15) is 20.3 Å². The quantitative estimate of drug-likeness (QED) is 0.550. The van der Waals surface area contributed by atoms with Gasteiger partial charge in [-0.3, -0.25) is 0 Å². The van der Waals surface area contributed by atoms with Crippen LogP contribution in [0.25, 0.3) is 0 Å². The molecule has 2 atom stereocenters. The van der Waals surface area contributed by atoms with E-state index in [-0.39, 0.29) is 12.1 Å². The Bertz CT molecular complexity index is 73.5. The fraction of sp³-hybridized carbons (Fsp3) is 1.00. The lowest BCUT2D eigenvalue weighted by molar-refractivity contribution is -0.105. The van der Waals surface area contributed by atoms with Gasteiger partial charge in [0.05, 0.1) is 6.10 Å². The van der Waals surface area contributed by atoms with Crippen LogP contribution >= 0.6 is 0 Å². The van der Waals surface area contributed by atoms with Crippen LogP contribution < -0.4 is 0 Å². The van der Waals surface area contributed by atoms with E-state index >= 15 is 0 Å². The van der Waals surface area contributed by atoms with Crippen LogP contribution in [0.15, 0.2) is 0 Å². The molecule has 0 aromatic carbocycles. The second kappa shape index (κ2) is 3.82. The van der Waals surface area contributed by atoms with Crippen molar-refractivity contribution in [1.29, 1.82) is 0 Å². The Labute approximate surface area is 55.9 Å². The SMILES string of the molecule is CC(O)CC(C)N(C)O. The van der Waals surface area contributed by atoms with Crippen LogP contribution in [0, 0.1) is 0 Å². The molecule has 0 radical (unpaired) electrons. The van der Waals surface area contributed by atoms with Crippen molar-refractivity contribution < 1.29 is 10.3 Å². The van der Waals surface area contributed by atoms with E-state index in [2.05, 4.69) is 0 Å². The van der Waals surface area contributed by atoms with E-state index in [9.17, 15) is 0 Å². The predicted molar refractivity (Wildman–Crippen MR) is 35.3 cm³/mol. The van der Waals surface area contributed by atoms with Gasteiger partial charge in [-0.15, -0.1) is 0 Å². The van der Waals surface area contributed by atoms with E-state index in [4.69, 9.17) is 10.3 Å². The fourth-order valence-corrected chi connectivity index (χ4v) is 0.646. The molecular weight excluding hydrogens is 118 g/mol. The Morgan fingerprint density at radius 2 is 1.89 bits per heavy atom. The number of hydroxylamine groups is 2. The normalized spacial score (nSPS) is 18.0. The van der Waals surface area contributed by atoms with Crippen molar-refractivity contribution in [3.8, 4) is 0 Å². The molecule has 0 aliphatic heterocycles. The predicted octanol–water partition coefficient (Wildman–Crippen LogP) is 0.467. The van der Waals surface area contributed by atoms with Crippen molar-refractivity contribution in [2.75, 3.05) is 7.05 Å². The van der Waals surface area contributed by atoms with Crippen LogP contribution in [0.3, 0.4) is 0 Å². The summed E-state index contributed by atoms with van der Waals surface area (Å²) in [4.78, 5) is 0. The highest BCUT2D eigenvalue weighted by Gasteiger charge is 2.08. The van der Waals surface area contributed by atoms with Crippen molar-refractivity contribution in [1.82, 2.24) is 5.06 Å². The van der Waals surface area contributed by atoms with Crippen LogP contribution in [0.5, 0.6) is 0 Å². The summed E-state index contributed by atoms with van der Waals surface area (Å²) in [7, 11) is 1.58. The minimum Gasteiger partial charge on any atom is -0.393 e. The highest BCUT2D eigenvalue weighted by atomic mass is 16.5. The zero-order valence-corrected chi connectivity index (χ0v) is 6.20. The highest BCUT2D eigenvalue weighted by molar-refractivity contribution is 4.59. The molecular formula is C6H15NO2. The standard InChI is InChI=1S/C6H15NO2/c1-5(7(3)9)4-6(2)8/h5-6,8-9H,4H2,1-3H3. The highest BCUT2D eigenvalue weighted by Crippen LogP contribution is 2.00. The van der Waals surface area contributed by atoms with Crippen LogP contribution in [0.2, 0.25) is 0 Å². The molecule has 2 unspecified atom stereocenters. The Morgan fingerprint density at radius 1 is 1.44 bits per heavy atom. The first-order valence-electron chi connectivity index (χ1n) is 3.13. The molecule has 0 aromatic heterocycles. The third-order valence-corrected chi connectivity index (χ3v) is 1.32. The summed E-state index contributed by atoms with van der Waals surface area (Å²) in [5.41, 5.74) is 0. The maximum absolute atomic E-state index is 8.83. The molecule has 3 nitrogen and oxygen atoms in total. The zero-order valence-electron chi connectivity index (χ0n) is 6.20. The first-order valence-corrected chi connectivity index (χ1v) is 3.13. The minimum atomic E-state index is -0.338. The van der Waals surface area contributed by atoms with Crippen molar-refractivity contribution in [2.45, 2.75) is 32.4 Å². The van der Waals surface area contributed by atoms with E-state index in [0.717, 1.165) is 5.06 Å². The molecule has 0 bridgehead atoms. The molecule has 0 aromatic rings. The topological polar surface area (TPSA) is 43.7 Å². The van der Waals surface area contributed by atoms with Gasteiger partial charge in [0.25, 0.3) is 0 Å². The van der Waals surface area contributed by atoms with Crippen LogP contribution in [-0.4, -0.2) is 34.6 Å². The van der Waals surface area contributed by atoms with Gasteiger partial charge < -0.3 is 10.3 Å². The van der Waals surface area contributed by atoms with E-state index in [0.29, 0.717) is 6.42 Å². The first-order chi connectivity index (χ1) is 4.04. The fourth-order valence-electron chi connectivity index (χ4n) is 0.646. The molecule has 0 saturated carbocycles. The van der Waals surface area contributed by atoms with Gasteiger partial charge >= 0.3 is 0 Å². The molecule has 0 amide bonds. The summed E-state index contributed by atoms with van der Waals surface area (Å²) in [5, 5.41) is 18.7. The molecule has 0 saturated heterocycles. The lowest BCUT2D eigenvalue weighted by Gasteiger charge is -2.18. The minimum absolute atomic E-state index is 0.0324. The van der Waals surface area contributed by atoms with Gasteiger partial charge in [0.15, 0.2) is 0 Å². The number of rotatable bonds is 3. The number of nitrogens with zero attached hydrogens (tertiary/aromatic N) is 1. The number of hydrogen-bond donors (Lipinski definition) is 2. The second-order valence-electron chi connectivity index (χ2n) is 2.51. The number of hydrogen-bond acceptors (Lipinski definition) is 3. The largest absolute Gasteiger partial charge is 0.393 e. The summed E-state index contributed by atoms with van der Waals surface area (Å²) in [5.74, 6) is 0. The summed E-state index contributed by atoms with van der Waals surface area (Å²) >= 11 is 0. The summed E-state index contributed by atoms with van der Waals surface area (Å²) in [6.45, 7) is 3.56. The first kappa shape index (κ1) is 8.88. The maximum atomic E-state index is 8.83. The average molecular weight is 133 g/mol. The molecule has 0 rings (SSSR count). The Balaban J connectivity index is 3.38. The lowest BCUT2D eigenvalue weighted by atomic mass is 10.2. The molecule has 0 heterocycles. The summed E-state index contributed by atoms with van der Waals surface area (Å²) in [6.07, 6.45) is 0.266.